The summed E-state index contributed by atoms with van der Waals surface area (Å²) in [5.41, 5.74) is 3.42. The van der Waals surface area contributed by atoms with Crippen LogP contribution in [0.5, 0.6) is 0 Å². The minimum atomic E-state index is -0.724. The van der Waals surface area contributed by atoms with Gasteiger partial charge in [0.1, 0.15) is 6.10 Å². The fourth-order valence-electron chi connectivity index (χ4n) is 9.75. The Hall–Kier alpha value is -1.62. The highest BCUT2D eigenvalue weighted by atomic mass is 16.5. The van der Waals surface area contributed by atoms with Crippen LogP contribution in [-0.2, 0) is 14.3 Å². The van der Waals surface area contributed by atoms with Crippen molar-refractivity contribution in [3.8, 4) is 0 Å². The standard InChI is InChI=1S/C32H50O5/c1-19(2)10-9-11-21(28(35)36)24-18-27(37-20(3)33)32(8)23-12-13-25-29(4,5)26(34)15-16-30(25,6)22(23)14-17-31(24,32)7/h10,21,24-27,34H,9,11-18H2,1-8H3,(H,35,36). The highest BCUT2D eigenvalue weighted by molar-refractivity contribution is 5.71. The number of carbonyl (C=O) groups is 2. The van der Waals surface area contributed by atoms with Crippen molar-refractivity contribution in [3.63, 3.8) is 0 Å². The van der Waals surface area contributed by atoms with Gasteiger partial charge in [-0.3, -0.25) is 9.59 Å². The van der Waals surface area contributed by atoms with Gasteiger partial charge in [-0.15, -0.1) is 0 Å². The second-order valence-corrected chi connectivity index (χ2v) is 14.2. The molecule has 5 nitrogen and oxygen atoms in total. The lowest BCUT2D eigenvalue weighted by Crippen LogP contribution is -2.56. The molecule has 0 aromatic carbocycles. The third kappa shape index (κ3) is 4.22. The third-order valence-electron chi connectivity index (χ3n) is 12.0. The lowest BCUT2D eigenvalue weighted by Gasteiger charge is -2.62. The van der Waals surface area contributed by atoms with Gasteiger partial charge in [0.15, 0.2) is 0 Å². The van der Waals surface area contributed by atoms with E-state index in [2.05, 4.69) is 54.5 Å². The van der Waals surface area contributed by atoms with Crippen molar-refractivity contribution in [3.05, 3.63) is 22.8 Å². The molecule has 0 aromatic heterocycles. The first-order valence-corrected chi connectivity index (χ1v) is 14.5. The number of hydrogen-bond donors (Lipinski definition) is 2. The Labute approximate surface area is 224 Å². The van der Waals surface area contributed by atoms with Gasteiger partial charge in [0.2, 0.25) is 0 Å². The number of rotatable bonds is 6. The summed E-state index contributed by atoms with van der Waals surface area (Å²) < 4.78 is 6.11. The monoisotopic (exact) mass is 514 g/mol. The van der Waals surface area contributed by atoms with Crippen molar-refractivity contribution >= 4 is 11.9 Å². The molecule has 4 aliphatic rings. The number of aliphatic hydroxyl groups excluding tert-OH is 1. The second-order valence-electron chi connectivity index (χ2n) is 14.2. The van der Waals surface area contributed by atoms with Gasteiger partial charge in [0, 0.05) is 12.3 Å². The summed E-state index contributed by atoms with van der Waals surface area (Å²) in [5.74, 6) is -1.10. The van der Waals surface area contributed by atoms with Crippen LogP contribution in [0.15, 0.2) is 22.8 Å². The van der Waals surface area contributed by atoms with E-state index < -0.39 is 11.9 Å². The summed E-state index contributed by atoms with van der Waals surface area (Å²) in [6.07, 6.45) is 9.18. The number of carboxylic acid groups (broad SMARTS) is 1. The summed E-state index contributed by atoms with van der Waals surface area (Å²) in [6.45, 7) is 17.1. The Kier molecular flexibility index (Phi) is 7.32. The summed E-state index contributed by atoms with van der Waals surface area (Å²) >= 11 is 0. The van der Waals surface area contributed by atoms with E-state index in [1.165, 1.54) is 23.6 Å². The van der Waals surface area contributed by atoms with Crippen molar-refractivity contribution in [2.45, 2.75) is 125 Å². The molecule has 0 aromatic rings. The average molecular weight is 515 g/mol. The lowest BCUT2D eigenvalue weighted by molar-refractivity contribution is -0.154. The predicted molar refractivity (Wildman–Crippen MR) is 146 cm³/mol. The maximum Gasteiger partial charge on any atom is 0.306 e. The molecule has 0 radical (unpaired) electrons. The quantitative estimate of drug-likeness (QED) is 0.292. The molecule has 4 rings (SSSR count). The van der Waals surface area contributed by atoms with Crippen molar-refractivity contribution < 1.29 is 24.5 Å². The van der Waals surface area contributed by atoms with E-state index >= 15 is 0 Å². The number of aliphatic carboxylic acids is 1. The number of aliphatic hydroxyl groups is 1. The van der Waals surface area contributed by atoms with Gasteiger partial charge in [0.25, 0.3) is 0 Å². The molecule has 2 fully saturated rings. The van der Waals surface area contributed by atoms with Crippen LogP contribution in [0, 0.1) is 39.4 Å². The molecular formula is C32H50O5. The van der Waals surface area contributed by atoms with Crippen molar-refractivity contribution in [2.24, 2.45) is 39.4 Å². The largest absolute Gasteiger partial charge is 0.481 e. The van der Waals surface area contributed by atoms with Crippen LogP contribution in [0.3, 0.4) is 0 Å². The Balaban J connectivity index is 1.81. The van der Waals surface area contributed by atoms with E-state index in [-0.39, 0.29) is 45.8 Å². The molecule has 0 saturated heterocycles. The fourth-order valence-corrected chi connectivity index (χ4v) is 9.75. The fraction of sp³-hybridized carbons (Fsp3) is 0.812. The maximum atomic E-state index is 12.7. The lowest BCUT2D eigenvalue weighted by atomic mass is 9.43. The minimum Gasteiger partial charge on any atom is -0.481 e. The number of allylic oxidation sites excluding steroid dienone is 3. The smallest absolute Gasteiger partial charge is 0.306 e. The van der Waals surface area contributed by atoms with Gasteiger partial charge < -0.3 is 14.9 Å². The molecule has 0 spiro atoms. The van der Waals surface area contributed by atoms with Crippen LogP contribution in [0.25, 0.3) is 0 Å². The van der Waals surface area contributed by atoms with Gasteiger partial charge in [-0.25, -0.2) is 0 Å². The Bertz CT molecular complexity index is 1000. The van der Waals surface area contributed by atoms with Crippen LogP contribution >= 0.6 is 0 Å². The zero-order valence-corrected chi connectivity index (χ0v) is 24.4. The molecule has 2 N–H and O–H groups in total. The molecule has 8 atom stereocenters. The Morgan fingerprint density at radius 2 is 1.70 bits per heavy atom. The van der Waals surface area contributed by atoms with E-state index in [4.69, 9.17) is 4.74 Å². The first-order valence-electron chi connectivity index (χ1n) is 14.5. The summed E-state index contributed by atoms with van der Waals surface area (Å²) in [5, 5.41) is 21.3. The second kappa shape index (κ2) is 9.54. The number of hydrogen-bond acceptors (Lipinski definition) is 4. The molecular weight excluding hydrogens is 464 g/mol. The van der Waals surface area contributed by atoms with E-state index in [9.17, 15) is 19.8 Å². The van der Waals surface area contributed by atoms with Crippen LogP contribution in [0.4, 0.5) is 0 Å². The van der Waals surface area contributed by atoms with Gasteiger partial charge in [0.05, 0.1) is 12.0 Å². The predicted octanol–water partition coefficient (Wildman–Crippen LogP) is 7.09. The summed E-state index contributed by atoms with van der Waals surface area (Å²) in [7, 11) is 0. The van der Waals surface area contributed by atoms with E-state index in [1.807, 2.05) is 0 Å². The number of carboxylic acids is 1. The van der Waals surface area contributed by atoms with Crippen LogP contribution in [0.2, 0.25) is 0 Å². The molecule has 0 aliphatic heterocycles. The van der Waals surface area contributed by atoms with Gasteiger partial charge >= 0.3 is 11.9 Å². The highest BCUT2D eigenvalue weighted by Crippen LogP contribution is 2.73. The highest BCUT2D eigenvalue weighted by Gasteiger charge is 2.68. The number of ether oxygens (including phenoxy) is 1. The normalized spacial score (nSPS) is 41.2. The number of fused-ring (bicyclic) bond motifs is 4. The Morgan fingerprint density at radius 3 is 2.30 bits per heavy atom. The molecule has 0 bridgehead atoms. The topological polar surface area (TPSA) is 83.8 Å². The molecule has 37 heavy (non-hydrogen) atoms. The van der Waals surface area contributed by atoms with Gasteiger partial charge in [-0.2, -0.15) is 0 Å². The number of esters is 1. The zero-order chi connectivity index (χ0) is 27.6. The zero-order valence-electron chi connectivity index (χ0n) is 24.4. The summed E-state index contributed by atoms with van der Waals surface area (Å²) in [4.78, 5) is 25.0. The van der Waals surface area contributed by atoms with Gasteiger partial charge in [-0.05, 0) is 99.7 Å². The minimum absolute atomic E-state index is 0.0230. The average Bonchev–Trinajstić information content (AvgIpc) is 3.01. The van der Waals surface area contributed by atoms with E-state index in [0.29, 0.717) is 18.8 Å². The summed E-state index contributed by atoms with van der Waals surface area (Å²) in [6, 6.07) is 0. The van der Waals surface area contributed by atoms with Crippen molar-refractivity contribution in [2.75, 3.05) is 0 Å². The third-order valence-corrected chi connectivity index (χ3v) is 12.0. The molecule has 8 unspecified atom stereocenters. The van der Waals surface area contributed by atoms with E-state index in [1.54, 1.807) is 0 Å². The number of carbonyl (C=O) groups excluding carboxylic acids is 1. The Morgan fingerprint density at radius 1 is 1.03 bits per heavy atom. The van der Waals surface area contributed by atoms with Crippen LogP contribution in [-0.4, -0.2) is 34.4 Å². The van der Waals surface area contributed by atoms with Crippen molar-refractivity contribution in [1.29, 1.82) is 0 Å². The maximum absolute atomic E-state index is 12.7. The first-order chi connectivity index (χ1) is 17.1. The molecule has 2 saturated carbocycles. The molecule has 0 heterocycles. The van der Waals surface area contributed by atoms with E-state index in [0.717, 1.165) is 44.9 Å². The molecule has 0 amide bonds. The van der Waals surface area contributed by atoms with Crippen LogP contribution in [0.1, 0.15) is 113 Å². The van der Waals surface area contributed by atoms with Crippen LogP contribution < -0.4 is 0 Å². The molecule has 5 heteroatoms. The molecule has 4 aliphatic carbocycles. The first kappa shape index (κ1) is 28.4. The van der Waals surface area contributed by atoms with Crippen molar-refractivity contribution in [1.82, 2.24) is 0 Å². The SMILES string of the molecule is CC(=O)OC1CC(C(CCC=C(C)C)C(=O)O)C2(C)CCC3=C(CCC4C3(C)CCC(O)C4(C)C)C12C. The van der Waals surface area contributed by atoms with Gasteiger partial charge in [-0.1, -0.05) is 57.4 Å². The molecule has 208 valence electrons.